The van der Waals surface area contributed by atoms with Crippen LogP contribution in [0.25, 0.3) is 0 Å². The fourth-order valence-electron chi connectivity index (χ4n) is 2.95. The molecule has 3 aromatic carbocycles. The summed E-state index contributed by atoms with van der Waals surface area (Å²) < 4.78 is 5.77. The van der Waals surface area contributed by atoms with Crippen LogP contribution in [0.15, 0.2) is 72.8 Å². The quantitative estimate of drug-likeness (QED) is 0.498. The first-order valence-corrected chi connectivity index (χ1v) is 9.73. The van der Waals surface area contributed by atoms with Crippen LogP contribution in [-0.2, 0) is 0 Å². The molecule has 3 amide bonds. The third-order valence-electron chi connectivity index (χ3n) is 4.48. The molecule has 0 unspecified atom stereocenters. The van der Waals surface area contributed by atoms with E-state index >= 15 is 0 Å². The van der Waals surface area contributed by atoms with Gasteiger partial charge in [0.15, 0.2) is 0 Å². The molecular formula is C24H25N3O3. The largest absolute Gasteiger partial charge is 0.491 e. The van der Waals surface area contributed by atoms with Crippen molar-refractivity contribution in [1.29, 1.82) is 0 Å². The number of ether oxygens (including phenoxy) is 1. The summed E-state index contributed by atoms with van der Waals surface area (Å²) >= 11 is 0. The number of nitrogens with one attached hydrogen (secondary N) is 3. The monoisotopic (exact) mass is 403 g/mol. The van der Waals surface area contributed by atoms with Crippen LogP contribution < -0.4 is 20.7 Å². The zero-order valence-corrected chi connectivity index (χ0v) is 17.1. The van der Waals surface area contributed by atoms with Crippen LogP contribution in [0.1, 0.15) is 21.5 Å². The molecule has 0 saturated heterocycles. The zero-order chi connectivity index (χ0) is 21.3. The van der Waals surface area contributed by atoms with Crippen LogP contribution in [0.4, 0.5) is 16.2 Å². The van der Waals surface area contributed by atoms with Crippen LogP contribution in [0.5, 0.6) is 5.75 Å². The second kappa shape index (κ2) is 10.1. The van der Waals surface area contributed by atoms with Crippen molar-refractivity contribution in [2.75, 3.05) is 23.8 Å². The molecule has 3 rings (SSSR count). The van der Waals surface area contributed by atoms with E-state index in [1.807, 2.05) is 62.4 Å². The van der Waals surface area contributed by atoms with Crippen LogP contribution in [-0.4, -0.2) is 25.1 Å². The van der Waals surface area contributed by atoms with Crippen LogP contribution in [0, 0.1) is 13.8 Å². The van der Waals surface area contributed by atoms with Gasteiger partial charge in [-0.3, -0.25) is 4.79 Å². The predicted octanol–water partition coefficient (Wildman–Crippen LogP) is 4.76. The van der Waals surface area contributed by atoms with Gasteiger partial charge >= 0.3 is 6.03 Å². The lowest BCUT2D eigenvalue weighted by molar-refractivity contribution is 0.102. The van der Waals surface area contributed by atoms with Crippen molar-refractivity contribution in [2.45, 2.75) is 13.8 Å². The van der Waals surface area contributed by atoms with Gasteiger partial charge in [-0.25, -0.2) is 4.79 Å². The summed E-state index contributed by atoms with van der Waals surface area (Å²) in [5, 5.41) is 8.32. The van der Waals surface area contributed by atoms with Gasteiger partial charge in [-0.1, -0.05) is 36.4 Å². The standard InChI is InChI=1S/C24H25N3O3/c1-17-7-6-8-18(2)22(17)30-16-15-25-24(29)27-21-13-11-19(12-14-21)23(28)26-20-9-4-3-5-10-20/h3-14H,15-16H2,1-2H3,(H,26,28)(H2,25,27,29). The fourth-order valence-corrected chi connectivity index (χ4v) is 2.95. The summed E-state index contributed by atoms with van der Waals surface area (Å²) in [5.74, 6) is 0.643. The molecule has 6 heteroatoms. The SMILES string of the molecule is Cc1cccc(C)c1OCCNC(=O)Nc1ccc(C(=O)Nc2ccccc2)cc1. The highest BCUT2D eigenvalue weighted by Gasteiger charge is 2.07. The molecule has 0 aliphatic carbocycles. The Balaban J connectivity index is 1.43. The van der Waals surface area contributed by atoms with Gasteiger partial charge in [-0.05, 0) is 61.4 Å². The number of rotatable bonds is 7. The Bertz CT molecular complexity index is 982. The highest BCUT2D eigenvalue weighted by Crippen LogP contribution is 2.21. The predicted molar refractivity (Wildman–Crippen MR) is 119 cm³/mol. The molecule has 0 radical (unpaired) electrons. The van der Waals surface area contributed by atoms with E-state index in [0.29, 0.717) is 24.4 Å². The smallest absolute Gasteiger partial charge is 0.319 e. The van der Waals surface area contributed by atoms with E-state index in [4.69, 9.17) is 4.74 Å². The molecule has 0 aliphatic rings. The summed E-state index contributed by atoms with van der Waals surface area (Å²) in [5.41, 5.74) is 3.96. The van der Waals surface area contributed by atoms with Crippen molar-refractivity contribution in [1.82, 2.24) is 5.32 Å². The van der Waals surface area contributed by atoms with Gasteiger partial charge in [0.25, 0.3) is 5.91 Å². The molecule has 154 valence electrons. The lowest BCUT2D eigenvalue weighted by Gasteiger charge is -2.13. The van der Waals surface area contributed by atoms with E-state index < -0.39 is 0 Å². The summed E-state index contributed by atoms with van der Waals surface area (Å²) in [4.78, 5) is 24.3. The molecule has 6 nitrogen and oxygen atoms in total. The van der Waals surface area contributed by atoms with Crippen LogP contribution >= 0.6 is 0 Å². The van der Waals surface area contributed by atoms with E-state index in [1.54, 1.807) is 24.3 Å². The maximum absolute atomic E-state index is 12.3. The van der Waals surface area contributed by atoms with Gasteiger partial charge < -0.3 is 20.7 Å². The molecule has 0 aliphatic heterocycles. The number of benzene rings is 3. The van der Waals surface area contributed by atoms with Gasteiger partial charge in [0.2, 0.25) is 0 Å². The number of amides is 3. The first-order valence-electron chi connectivity index (χ1n) is 9.73. The Kier molecular flexibility index (Phi) is 7.05. The van der Waals surface area contributed by atoms with Gasteiger partial charge in [0.1, 0.15) is 12.4 Å². The third kappa shape index (κ3) is 5.85. The lowest BCUT2D eigenvalue weighted by atomic mass is 10.1. The minimum Gasteiger partial charge on any atom is -0.491 e. The molecule has 0 atom stereocenters. The number of hydrogen-bond donors (Lipinski definition) is 3. The molecule has 0 aromatic heterocycles. The maximum atomic E-state index is 12.3. The summed E-state index contributed by atoms with van der Waals surface area (Å²) in [6.07, 6.45) is 0. The van der Waals surface area contributed by atoms with E-state index in [1.165, 1.54) is 0 Å². The molecule has 0 heterocycles. The van der Waals surface area contributed by atoms with Crippen molar-refractivity contribution in [3.63, 3.8) is 0 Å². The maximum Gasteiger partial charge on any atom is 0.319 e. The van der Waals surface area contributed by atoms with E-state index in [0.717, 1.165) is 22.6 Å². The Labute approximate surface area is 176 Å². The lowest BCUT2D eigenvalue weighted by Crippen LogP contribution is -2.32. The first-order chi connectivity index (χ1) is 14.5. The topological polar surface area (TPSA) is 79.5 Å². The van der Waals surface area contributed by atoms with Crippen molar-refractivity contribution in [2.24, 2.45) is 0 Å². The average Bonchev–Trinajstić information content (AvgIpc) is 2.74. The zero-order valence-electron chi connectivity index (χ0n) is 17.1. The Hall–Kier alpha value is -3.80. The Morgan fingerprint density at radius 2 is 1.40 bits per heavy atom. The summed E-state index contributed by atoms with van der Waals surface area (Å²) in [6.45, 7) is 4.73. The van der Waals surface area contributed by atoms with Gasteiger partial charge in [0.05, 0.1) is 6.54 Å². The highest BCUT2D eigenvalue weighted by molar-refractivity contribution is 6.04. The number of hydrogen-bond acceptors (Lipinski definition) is 3. The summed E-state index contributed by atoms with van der Waals surface area (Å²) in [7, 11) is 0. The molecule has 3 aromatic rings. The van der Waals surface area contributed by atoms with Crippen LogP contribution in [0.3, 0.4) is 0 Å². The van der Waals surface area contributed by atoms with Gasteiger partial charge in [-0.15, -0.1) is 0 Å². The molecule has 30 heavy (non-hydrogen) atoms. The van der Waals surface area contributed by atoms with E-state index in [-0.39, 0.29) is 11.9 Å². The molecular weight excluding hydrogens is 378 g/mol. The number of para-hydroxylation sites is 2. The average molecular weight is 403 g/mol. The third-order valence-corrected chi connectivity index (χ3v) is 4.48. The first kappa shape index (κ1) is 20.9. The van der Waals surface area contributed by atoms with Gasteiger partial charge in [-0.2, -0.15) is 0 Å². The van der Waals surface area contributed by atoms with Crippen molar-refractivity contribution in [3.05, 3.63) is 89.5 Å². The second-order valence-corrected chi connectivity index (χ2v) is 6.85. The summed E-state index contributed by atoms with van der Waals surface area (Å²) in [6, 6.07) is 21.6. The normalized spacial score (nSPS) is 10.2. The molecule has 0 bridgehead atoms. The second-order valence-electron chi connectivity index (χ2n) is 6.85. The number of aryl methyl sites for hydroxylation is 2. The van der Waals surface area contributed by atoms with E-state index in [2.05, 4.69) is 16.0 Å². The number of urea groups is 1. The minimum atomic E-state index is -0.332. The molecule has 0 fully saturated rings. The van der Waals surface area contributed by atoms with Crippen molar-refractivity contribution < 1.29 is 14.3 Å². The molecule has 0 saturated carbocycles. The van der Waals surface area contributed by atoms with Crippen molar-refractivity contribution in [3.8, 4) is 5.75 Å². The molecule has 3 N–H and O–H groups in total. The van der Waals surface area contributed by atoms with Crippen LogP contribution in [0.2, 0.25) is 0 Å². The Morgan fingerprint density at radius 1 is 0.767 bits per heavy atom. The number of carbonyl (C=O) groups excluding carboxylic acids is 2. The Morgan fingerprint density at radius 3 is 2.07 bits per heavy atom. The fraction of sp³-hybridized carbons (Fsp3) is 0.167. The highest BCUT2D eigenvalue weighted by atomic mass is 16.5. The number of carbonyl (C=O) groups is 2. The van der Waals surface area contributed by atoms with E-state index in [9.17, 15) is 9.59 Å². The minimum absolute atomic E-state index is 0.208. The van der Waals surface area contributed by atoms with Crippen molar-refractivity contribution >= 4 is 23.3 Å². The number of anilines is 2. The van der Waals surface area contributed by atoms with Gasteiger partial charge in [0, 0.05) is 16.9 Å². The molecule has 0 spiro atoms.